The second-order valence-corrected chi connectivity index (χ2v) is 17.4. The molecule has 0 N–H and O–H groups in total. The third-order valence-electron chi connectivity index (χ3n) is 11.8. The van der Waals surface area contributed by atoms with Gasteiger partial charge < -0.3 is 19.3 Å². The molecule has 0 saturated heterocycles. The fraction of sp³-hybridized carbons (Fsp3) is 0.0448. The van der Waals surface area contributed by atoms with Crippen molar-refractivity contribution in [3.63, 3.8) is 0 Å². The lowest BCUT2D eigenvalue weighted by atomic mass is 10.0. The van der Waals surface area contributed by atoms with Crippen LogP contribution in [0.1, 0.15) is 40.3 Å². The fourth-order valence-corrected chi connectivity index (χ4v) is 7.79. The van der Waals surface area contributed by atoms with Crippen molar-refractivity contribution in [1.82, 2.24) is 0 Å². The minimum Gasteiger partial charge on any atom is -0.423 e. The van der Waals surface area contributed by atoms with Crippen molar-refractivity contribution in [2.75, 3.05) is 9.80 Å². The third kappa shape index (κ3) is 13.8. The summed E-state index contributed by atoms with van der Waals surface area (Å²) in [6, 6.07) is 78.4. The lowest BCUT2D eigenvalue weighted by Gasteiger charge is -2.25. The van der Waals surface area contributed by atoms with Crippen LogP contribution < -0.4 is 19.3 Å². The van der Waals surface area contributed by atoms with E-state index in [9.17, 15) is 9.59 Å². The largest absolute Gasteiger partial charge is 0.423 e. The summed E-state index contributed by atoms with van der Waals surface area (Å²) in [5.74, 6) is 0.116. The number of aryl methyl sites for hydroxylation is 2. The van der Waals surface area contributed by atoms with Crippen molar-refractivity contribution in [3.8, 4) is 22.6 Å². The van der Waals surface area contributed by atoms with Crippen molar-refractivity contribution < 1.29 is 19.1 Å². The summed E-state index contributed by atoms with van der Waals surface area (Å²) < 4.78 is 10.4. The standard InChI is InChI=1S/C36H29NO2.C31H27NO2/c1-27(2)36(38)39-35-25-17-29(18-26-35)14-13-28-15-21-33(22-16-28)37(32-11-7-4-8-12-32)34-23-19-31(20-24-34)30-9-5-3-6-10-30;1-4-31(33)34-30-21-13-26(14-22-30)10-9-25-11-19-29(20-12-25)32(27-15-5-23(2)6-16-27)28-17-7-24(3)8-18-28/h3-26H,1H2,2H3;4-22H,1H2,2-3H3. The molecule has 0 unspecified atom stereocenters. The van der Waals surface area contributed by atoms with Gasteiger partial charge in [-0.25, -0.2) is 9.59 Å². The number of anilines is 6. The lowest BCUT2D eigenvalue weighted by molar-refractivity contribution is -0.130. The summed E-state index contributed by atoms with van der Waals surface area (Å²) in [5, 5.41) is 0. The van der Waals surface area contributed by atoms with Crippen molar-refractivity contribution in [2.45, 2.75) is 20.8 Å². The van der Waals surface area contributed by atoms with Gasteiger partial charge in [-0.2, -0.15) is 0 Å². The maximum Gasteiger partial charge on any atom is 0.338 e. The SMILES string of the molecule is C=C(C)C(=O)Oc1ccc(C=Cc2ccc(N(c3ccccc3)c3ccc(-c4ccccc4)cc3)cc2)cc1.C=CC(=O)Oc1ccc(C=Cc2ccc(N(c3ccc(C)cc3)c3ccc(C)cc3)cc2)cc1. The van der Waals surface area contributed by atoms with Crippen LogP contribution in [0.15, 0.2) is 255 Å². The molecule has 0 heterocycles. The molecule has 0 atom stereocenters. The highest BCUT2D eigenvalue weighted by molar-refractivity contribution is 5.89. The first-order valence-electron chi connectivity index (χ1n) is 24.0. The molecule has 0 aliphatic heterocycles. The number of esters is 2. The average molecular weight is 953 g/mol. The lowest BCUT2D eigenvalue weighted by Crippen LogP contribution is -2.09. The highest BCUT2D eigenvalue weighted by Crippen LogP contribution is 2.37. The van der Waals surface area contributed by atoms with Crippen molar-refractivity contribution in [3.05, 3.63) is 289 Å². The molecule has 0 spiro atoms. The summed E-state index contributed by atoms with van der Waals surface area (Å²) in [4.78, 5) is 27.5. The Labute approximate surface area is 429 Å². The summed E-state index contributed by atoms with van der Waals surface area (Å²) in [6.45, 7) is 12.8. The van der Waals surface area contributed by atoms with E-state index in [0.29, 0.717) is 17.1 Å². The van der Waals surface area contributed by atoms with E-state index in [-0.39, 0.29) is 0 Å². The minimum absolute atomic E-state index is 0.373. The smallest absolute Gasteiger partial charge is 0.338 e. The van der Waals surface area contributed by atoms with Gasteiger partial charge in [-0.15, -0.1) is 0 Å². The molecule has 0 aromatic heterocycles. The summed E-state index contributed by atoms with van der Waals surface area (Å²) in [5.41, 5.74) is 16.1. The van der Waals surface area contributed by atoms with Crippen LogP contribution in [-0.4, -0.2) is 11.9 Å². The molecule has 6 nitrogen and oxygen atoms in total. The van der Waals surface area contributed by atoms with Crippen molar-refractivity contribution in [2.24, 2.45) is 0 Å². The molecule has 0 bridgehead atoms. The molecule has 9 aromatic carbocycles. The van der Waals surface area contributed by atoms with Crippen LogP contribution in [0.5, 0.6) is 11.5 Å². The molecule has 6 heteroatoms. The van der Waals surface area contributed by atoms with E-state index in [1.54, 1.807) is 31.2 Å². The maximum atomic E-state index is 11.7. The Morgan fingerprint density at radius 2 is 0.685 bits per heavy atom. The number of hydrogen-bond donors (Lipinski definition) is 0. The number of ether oxygens (including phenoxy) is 2. The number of para-hydroxylation sites is 1. The Hall–Kier alpha value is -9.52. The van der Waals surface area contributed by atoms with Crippen LogP contribution in [0, 0.1) is 13.8 Å². The summed E-state index contributed by atoms with van der Waals surface area (Å²) >= 11 is 0. The van der Waals surface area contributed by atoms with Gasteiger partial charge in [-0.1, -0.05) is 182 Å². The summed E-state index contributed by atoms with van der Waals surface area (Å²) in [7, 11) is 0. The quantitative estimate of drug-likeness (QED) is 0.0442. The van der Waals surface area contributed by atoms with Crippen molar-refractivity contribution >= 4 is 70.4 Å². The second kappa shape index (κ2) is 24.4. The Bertz CT molecular complexity index is 3260. The number of hydrogen-bond acceptors (Lipinski definition) is 6. The van der Waals surface area contributed by atoms with Crippen LogP contribution in [0.4, 0.5) is 34.1 Å². The molecule has 9 rings (SSSR count). The van der Waals surface area contributed by atoms with Gasteiger partial charge in [0.2, 0.25) is 0 Å². The Morgan fingerprint density at radius 3 is 1.05 bits per heavy atom. The van der Waals surface area contributed by atoms with Gasteiger partial charge in [0.15, 0.2) is 0 Å². The van der Waals surface area contributed by atoms with Gasteiger partial charge in [0.05, 0.1) is 0 Å². The van der Waals surface area contributed by atoms with Gasteiger partial charge in [0.1, 0.15) is 11.5 Å². The Kier molecular flexibility index (Phi) is 16.6. The number of benzene rings is 9. The van der Waals surface area contributed by atoms with Crippen LogP contribution in [0.25, 0.3) is 35.4 Å². The average Bonchev–Trinajstić information content (AvgIpc) is 3.43. The first-order chi connectivity index (χ1) is 35.6. The molecule has 0 amide bonds. The molecular weight excluding hydrogens is 897 g/mol. The zero-order chi connectivity index (χ0) is 50.9. The van der Waals surface area contributed by atoms with Crippen molar-refractivity contribution in [1.29, 1.82) is 0 Å². The number of nitrogens with zero attached hydrogens (tertiary/aromatic N) is 2. The van der Waals surface area contributed by atoms with E-state index >= 15 is 0 Å². The highest BCUT2D eigenvalue weighted by Gasteiger charge is 2.14. The molecule has 9 aromatic rings. The van der Waals surface area contributed by atoms with Crippen LogP contribution >= 0.6 is 0 Å². The predicted octanol–water partition coefficient (Wildman–Crippen LogP) is 17.5. The monoisotopic (exact) mass is 952 g/mol. The molecule has 0 saturated carbocycles. The first kappa shape index (κ1) is 49.9. The van der Waals surface area contributed by atoms with Crippen LogP contribution in [-0.2, 0) is 9.59 Å². The van der Waals surface area contributed by atoms with Crippen LogP contribution in [0.3, 0.4) is 0 Å². The van der Waals surface area contributed by atoms with Gasteiger partial charge in [-0.3, -0.25) is 0 Å². The molecule has 73 heavy (non-hydrogen) atoms. The van der Waals surface area contributed by atoms with E-state index in [4.69, 9.17) is 9.47 Å². The molecule has 0 aliphatic rings. The Balaban J connectivity index is 0.000000197. The zero-order valence-corrected chi connectivity index (χ0v) is 41.3. The highest BCUT2D eigenvalue weighted by atomic mass is 16.5. The minimum atomic E-state index is -0.464. The maximum absolute atomic E-state index is 11.7. The fourth-order valence-electron chi connectivity index (χ4n) is 7.79. The van der Waals surface area contributed by atoms with E-state index in [1.807, 2.05) is 48.6 Å². The van der Waals surface area contributed by atoms with Gasteiger partial charge in [0, 0.05) is 45.8 Å². The van der Waals surface area contributed by atoms with Gasteiger partial charge >= 0.3 is 11.9 Å². The molecule has 0 radical (unpaired) electrons. The zero-order valence-electron chi connectivity index (χ0n) is 41.3. The normalized spacial score (nSPS) is 10.8. The molecule has 358 valence electrons. The van der Waals surface area contributed by atoms with Gasteiger partial charge in [-0.05, 0) is 151 Å². The third-order valence-corrected chi connectivity index (χ3v) is 11.8. The molecule has 0 fully saturated rings. The van der Waals surface area contributed by atoms with Crippen LogP contribution in [0.2, 0.25) is 0 Å². The number of carbonyl (C=O) groups excluding carboxylic acids is 2. The molecular formula is C67H56N2O4. The van der Waals surface area contributed by atoms with Gasteiger partial charge in [0.25, 0.3) is 0 Å². The van der Waals surface area contributed by atoms with E-state index in [2.05, 4.69) is 219 Å². The predicted molar refractivity (Wildman–Crippen MR) is 304 cm³/mol. The number of rotatable bonds is 15. The topological polar surface area (TPSA) is 59.1 Å². The first-order valence-corrected chi connectivity index (χ1v) is 24.0. The van der Waals surface area contributed by atoms with E-state index < -0.39 is 11.9 Å². The molecule has 0 aliphatic carbocycles. The summed E-state index contributed by atoms with van der Waals surface area (Å²) in [6.07, 6.45) is 9.36. The van der Waals surface area contributed by atoms with E-state index in [0.717, 1.165) is 62.5 Å². The van der Waals surface area contributed by atoms with E-state index in [1.165, 1.54) is 22.3 Å². The Morgan fingerprint density at radius 1 is 0.384 bits per heavy atom. The number of carbonyl (C=O) groups is 2. The second-order valence-electron chi connectivity index (χ2n) is 17.4.